The number of Topliss-reactive ketones (excluding diaryl/α,β-unsaturated/α-hetero) is 1. The number of carbonyl (C=O) groups excluding carboxylic acids is 2. The fraction of sp³-hybridized carbons (Fsp3) is 0.0769. The standard InChI is InChI=1S/C13H12N2O2/c1-8(16)11(13(14)17)6-9-7-15-12-5-3-2-4-10(9)12/h2-7,15H,1H3,(H2,14,17)/b11-6-. The average molecular weight is 228 g/mol. The summed E-state index contributed by atoms with van der Waals surface area (Å²) in [4.78, 5) is 25.5. The third-order valence-corrected chi connectivity index (χ3v) is 2.57. The Morgan fingerprint density at radius 2 is 2.00 bits per heavy atom. The van der Waals surface area contributed by atoms with Crippen molar-refractivity contribution in [2.45, 2.75) is 6.92 Å². The molecule has 0 atom stereocenters. The van der Waals surface area contributed by atoms with Crippen molar-refractivity contribution < 1.29 is 9.59 Å². The van der Waals surface area contributed by atoms with E-state index in [0.29, 0.717) is 0 Å². The van der Waals surface area contributed by atoms with E-state index in [2.05, 4.69) is 4.98 Å². The monoisotopic (exact) mass is 228 g/mol. The van der Waals surface area contributed by atoms with Crippen molar-refractivity contribution in [2.24, 2.45) is 5.73 Å². The van der Waals surface area contributed by atoms with Gasteiger partial charge in [0, 0.05) is 22.7 Å². The Balaban J connectivity index is 2.57. The van der Waals surface area contributed by atoms with Gasteiger partial charge in [0.05, 0.1) is 5.57 Å². The van der Waals surface area contributed by atoms with Crippen molar-refractivity contribution in [3.8, 4) is 0 Å². The molecule has 0 fully saturated rings. The Morgan fingerprint density at radius 3 is 2.65 bits per heavy atom. The molecular formula is C13H12N2O2. The number of aromatic nitrogens is 1. The van der Waals surface area contributed by atoms with Gasteiger partial charge < -0.3 is 10.7 Å². The molecule has 1 aromatic carbocycles. The Morgan fingerprint density at radius 1 is 1.29 bits per heavy atom. The zero-order valence-corrected chi connectivity index (χ0v) is 9.36. The molecule has 2 aromatic rings. The highest BCUT2D eigenvalue weighted by molar-refractivity contribution is 6.21. The lowest BCUT2D eigenvalue weighted by Gasteiger charge is -1.97. The molecule has 0 saturated carbocycles. The predicted octanol–water partition coefficient (Wildman–Crippen LogP) is 1.63. The number of para-hydroxylation sites is 1. The van der Waals surface area contributed by atoms with Crippen molar-refractivity contribution in [1.82, 2.24) is 4.98 Å². The SMILES string of the molecule is CC(=O)/C(=C/c1c[nH]c2ccccc12)C(N)=O. The van der Waals surface area contributed by atoms with Crippen LogP contribution in [0.25, 0.3) is 17.0 Å². The Labute approximate surface area is 98.1 Å². The molecule has 0 saturated heterocycles. The van der Waals surface area contributed by atoms with Crippen molar-refractivity contribution in [2.75, 3.05) is 0 Å². The Hall–Kier alpha value is -2.36. The van der Waals surface area contributed by atoms with E-state index in [1.54, 1.807) is 6.20 Å². The van der Waals surface area contributed by atoms with E-state index in [4.69, 9.17) is 5.73 Å². The molecule has 4 nitrogen and oxygen atoms in total. The first-order valence-electron chi connectivity index (χ1n) is 5.18. The van der Waals surface area contributed by atoms with Crippen LogP contribution in [0.2, 0.25) is 0 Å². The summed E-state index contributed by atoms with van der Waals surface area (Å²) in [5.74, 6) is -1.04. The number of primary amides is 1. The maximum atomic E-state index is 11.3. The number of rotatable bonds is 3. The molecule has 17 heavy (non-hydrogen) atoms. The van der Waals surface area contributed by atoms with Gasteiger partial charge in [-0.05, 0) is 19.1 Å². The van der Waals surface area contributed by atoms with Crippen molar-refractivity contribution >= 4 is 28.7 Å². The van der Waals surface area contributed by atoms with Crippen LogP contribution in [0.3, 0.4) is 0 Å². The molecule has 3 N–H and O–H groups in total. The molecular weight excluding hydrogens is 216 g/mol. The van der Waals surface area contributed by atoms with Gasteiger partial charge >= 0.3 is 0 Å². The predicted molar refractivity (Wildman–Crippen MR) is 66.2 cm³/mol. The van der Waals surface area contributed by atoms with Crippen LogP contribution in [-0.2, 0) is 9.59 Å². The van der Waals surface area contributed by atoms with Gasteiger partial charge in [0.1, 0.15) is 0 Å². The number of hydrogen-bond acceptors (Lipinski definition) is 2. The van der Waals surface area contributed by atoms with Crippen LogP contribution in [0.5, 0.6) is 0 Å². The zero-order valence-electron chi connectivity index (χ0n) is 9.36. The van der Waals surface area contributed by atoms with Crippen molar-refractivity contribution in [3.63, 3.8) is 0 Å². The molecule has 0 radical (unpaired) electrons. The minimum atomic E-state index is -0.706. The third kappa shape index (κ3) is 2.10. The highest BCUT2D eigenvalue weighted by atomic mass is 16.2. The lowest BCUT2D eigenvalue weighted by Crippen LogP contribution is -2.18. The maximum Gasteiger partial charge on any atom is 0.252 e. The van der Waals surface area contributed by atoms with Crippen molar-refractivity contribution in [1.29, 1.82) is 0 Å². The van der Waals surface area contributed by atoms with Gasteiger partial charge in [0.25, 0.3) is 5.91 Å². The van der Waals surface area contributed by atoms with Crippen molar-refractivity contribution in [3.05, 3.63) is 41.6 Å². The normalized spacial score (nSPS) is 11.7. The number of nitrogens with two attached hydrogens (primary N) is 1. The van der Waals surface area contributed by atoms with E-state index in [-0.39, 0.29) is 11.4 Å². The largest absolute Gasteiger partial charge is 0.365 e. The van der Waals surface area contributed by atoms with E-state index in [9.17, 15) is 9.59 Å². The summed E-state index contributed by atoms with van der Waals surface area (Å²) >= 11 is 0. The van der Waals surface area contributed by atoms with Gasteiger partial charge in [-0.2, -0.15) is 0 Å². The van der Waals surface area contributed by atoms with Crippen LogP contribution in [0, 0.1) is 0 Å². The molecule has 1 aromatic heterocycles. The molecule has 0 unspecified atom stereocenters. The van der Waals surface area contributed by atoms with E-state index in [0.717, 1.165) is 16.5 Å². The molecule has 86 valence electrons. The van der Waals surface area contributed by atoms with Gasteiger partial charge in [-0.3, -0.25) is 9.59 Å². The number of aromatic amines is 1. The van der Waals surface area contributed by atoms with Gasteiger partial charge in [-0.1, -0.05) is 18.2 Å². The summed E-state index contributed by atoms with van der Waals surface area (Å²) in [7, 11) is 0. The number of H-pyrrole nitrogens is 1. The van der Waals surface area contributed by atoms with Crippen LogP contribution >= 0.6 is 0 Å². The smallest absolute Gasteiger partial charge is 0.252 e. The van der Waals surface area contributed by atoms with Crippen LogP contribution in [0.1, 0.15) is 12.5 Å². The Kier molecular flexibility index (Phi) is 2.78. The average Bonchev–Trinajstić information content (AvgIpc) is 2.68. The molecule has 0 aliphatic heterocycles. The summed E-state index contributed by atoms with van der Waals surface area (Å²) in [5, 5.41) is 0.951. The maximum absolute atomic E-state index is 11.3. The lowest BCUT2D eigenvalue weighted by atomic mass is 10.1. The molecule has 1 amide bonds. The second kappa shape index (κ2) is 4.25. The first-order chi connectivity index (χ1) is 8.09. The number of hydrogen-bond donors (Lipinski definition) is 2. The van der Waals surface area contributed by atoms with E-state index in [1.807, 2.05) is 24.3 Å². The summed E-state index contributed by atoms with van der Waals surface area (Å²) in [6, 6.07) is 7.64. The van der Waals surface area contributed by atoms with Gasteiger partial charge in [0.15, 0.2) is 5.78 Å². The first kappa shape index (κ1) is 11.1. The van der Waals surface area contributed by atoms with Gasteiger partial charge in [-0.25, -0.2) is 0 Å². The zero-order chi connectivity index (χ0) is 12.4. The molecule has 4 heteroatoms. The molecule has 0 aliphatic rings. The number of nitrogens with one attached hydrogen (secondary N) is 1. The molecule has 1 heterocycles. The third-order valence-electron chi connectivity index (χ3n) is 2.57. The highest BCUT2D eigenvalue weighted by Crippen LogP contribution is 2.20. The fourth-order valence-corrected chi connectivity index (χ4v) is 1.72. The lowest BCUT2D eigenvalue weighted by molar-refractivity contribution is -0.119. The van der Waals surface area contributed by atoms with E-state index < -0.39 is 5.91 Å². The minimum Gasteiger partial charge on any atom is -0.365 e. The molecule has 0 bridgehead atoms. The molecule has 0 spiro atoms. The summed E-state index contributed by atoms with van der Waals surface area (Å²) in [5.41, 5.74) is 6.90. The summed E-state index contributed by atoms with van der Waals surface area (Å²) < 4.78 is 0. The quantitative estimate of drug-likeness (QED) is 0.476. The van der Waals surface area contributed by atoms with E-state index >= 15 is 0 Å². The minimum absolute atomic E-state index is 0.00903. The first-order valence-corrected chi connectivity index (χ1v) is 5.18. The summed E-state index contributed by atoms with van der Waals surface area (Å²) in [6.07, 6.45) is 3.26. The van der Waals surface area contributed by atoms with Gasteiger partial charge in [-0.15, -0.1) is 0 Å². The van der Waals surface area contributed by atoms with Gasteiger partial charge in [0.2, 0.25) is 0 Å². The second-order valence-corrected chi connectivity index (χ2v) is 3.77. The van der Waals surface area contributed by atoms with Crippen LogP contribution in [0.15, 0.2) is 36.0 Å². The van der Waals surface area contributed by atoms with Crippen LogP contribution in [-0.4, -0.2) is 16.7 Å². The van der Waals surface area contributed by atoms with Crippen LogP contribution in [0.4, 0.5) is 0 Å². The van der Waals surface area contributed by atoms with Crippen LogP contribution < -0.4 is 5.73 Å². The number of amides is 1. The topological polar surface area (TPSA) is 75.9 Å². The number of carbonyl (C=O) groups is 2. The molecule has 0 aliphatic carbocycles. The number of fused-ring (bicyclic) bond motifs is 1. The van der Waals surface area contributed by atoms with E-state index in [1.165, 1.54) is 13.0 Å². The fourth-order valence-electron chi connectivity index (χ4n) is 1.72. The number of ketones is 1. The highest BCUT2D eigenvalue weighted by Gasteiger charge is 2.11. The molecule has 2 rings (SSSR count). The Bertz CT molecular complexity index is 607. The second-order valence-electron chi connectivity index (χ2n) is 3.77. The summed E-state index contributed by atoms with van der Waals surface area (Å²) in [6.45, 7) is 1.32. The number of benzene rings is 1.